The number of hydrogen-bond acceptors (Lipinski definition) is 18. The molecule has 1 aromatic carbocycles. The summed E-state index contributed by atoms with van der Waals surface area (Å²) in [5, 5.41) is 50.4. The van der Waals surface area contributed by atoms with Gasteiger partial charge in [-0.15, -0.1) is 0 Å². The molecular weight excluding hydrogens is 909 g/mol. The fourth-order valence-corrected chi connectivity index (χ4v) is 11.5. The molecule has 4 heterocycles. The van der Waals surface area contributed by atoms with E-state index in [1.165, 1.54) is 41.2 Å². The van der Waals surface area contributed by atoms with Crippen molar-refractivity contribution in [3.8, 4) is 0 Å². The number of cyclic esters (lactones) is 1. The van der Waals surface area contributed by atoms with Gasteiger partial charge in [-0.1, -0.05) is 39.0 Å². The Kier molecular flexibility index (Phi) is 19.1. The molecule has 3 saturated heterocycles. The standard InChI is InChI=1S/C52H82N2O16/c1-16-39-51(10,60)38(22-24-64-47(59)35-21-23-53-36-20-18-17-19-34(35)36)52(11,61)43(57)28(2)26-49(8,62-14)44(70-48-41(56)37(54(12)13)25-29(3)65-48)30(4)42(31(5)46(58)68-39)69-40-27-50(9,63-15)45(32(6)66-40)67-33(7)55/h17-21,23,28-32,37-45,48,56-57,60-61H,16,22,24-27H2,1-15H3/t28-,29-,30+,31-,32+,37+,38+,39-,40?,41-,42+,43?,44-,45+,48+,49-,50-,51+,52?/m1/s1. The monoisotopic (exact) mass is 991 g/mol. The number of carbonyl (C=O) groups is 3. The number of benzene rings is 1. The van der Waals surface area contributed by atoms with E-state index in [1.807, 2.05) is 38.9 Å². The number of ether oxygens (including phenoxy) is 9. The van der Waals surface area contributed by atoms with E-state index in [1.54, 1.807) is 65.8 Å². The van der Waals surface area contributed by atoms with Crippen LogP contribution in [0.1, 0.15) is 119 Å². The molecule has 3 aliphatic heterocycles. The summed E-state index contributed by atoms with van der Waals surface area (Å²) < 4.78 is 56.9. The molecule has 18 heteroatoms. The van der Waals surface area contributed by atoms with E-state index in [-0.39, 0.29) is 50.0 Å². The molecule has 4 N–H and O–H groups in total. The minimum Gasteiger partial charge on any atom is -0.462 e. The zero-order valence-electron chi connectivity index (χ0n) is 43.9. The average Bonchev–Trinajstić information content (AvgIpc) is 3.30. The Morgan fingerprint density at radius 1 is 0.886 bits per heavy atom. The highest BCUT2D eigenvalue weighted by atomic mass is 16.7. The summed E-state index contributed by atoms with van der Waals surface area (Å²) in [6.07, 6.45) is -8.14. The molecule has 5 rings (SSSR count). The summed E-state index contributed by atoms with van der Waals surface area (Å²) in [6, 6.07) is 8.34. The lowest BCUT2D eigenvalue weighted by Crippen LogP contribution is -2.64. The van der Waals surface area contributed by atoms with Gasteiger partial charge in [-0.05, 0) is 106 Å². The summed E-state index contributed by atoms with van der Waals surface area (Å²) in [4.78, 5) is 47.0. The first-order valence-electron chi connectivity index (χ1n) is 24.7. The third kappa shape index (κ3) is 12.3. The van der Waals surface area contributed by atoms with Gasteiger partial charge in [0.2, 0.25) is 0 Å². The smallest absolute Gasteiger partial charge is 0.338 e. The van der Waals surface area contributed by atoms with Crippen LogP contribution in [0.3, 0.4) is 0 Å². The van der Waals surface area contributed by atoms with Crippen molar-refractivity contribution in [2.45, 2.75) is 198 Å². The maximum atomic E-state index is 14.9. The Bertz CT molecular complexity index is 2070. The van der Waals surface area contributed by atoms with Crippen molar-refractivity contribution < 1.29 is 77.4 Å². The number of aliphatic hydroxyl groups is 4. The van der Waals surface area contributed by atoms with Gasteiger partial charge in [0.15, 0.2) is 18.7 Å². The molecule has 0 amide bonds. The van der Waals surface area contributed by atoms with Crippen molar-refractivity contribution in [1.82, 2.24) is 9.88 Å². The second kappa shape index (κ2) is 23.2. The van der Waals surface area contributed by atoms with E-state index in [2.05, 4.69) is 4.98 Å². The summed E-state index contributed by atoms with van der Waals surface area (Å²) in [7, 11) is 6.73. The zero-order valence-corrected chi connectivity index (χ0v) is 43.9. The lowest BCUT2D eigenvalue weighted by Gasteiger charge is -2.52. The van der Waals surface area contributed by atoms with Gasteiger partial charge < -0.3 is 68.0 Å². The number of esters is 3. The van der Waals surface area contributed by atoms with Crippen LogP contribution in [0.25, 0.3) is 10.9 Å². The number of nitrogens with zero attached hydrogens (tertiary/aromatic N) is 2. The fraction of sp³-hybridized carbons (Fsp3) is 0.769. The van der Waals surface area contributed by atoms with E-state index in [0.717, 1.165) is 0 Å². The normalized spacial score (nSPS) is 41.4. The summed E-state index contributed by atoms with van der Waals surface area (Å²) in [5.41, 5.74) is -5.72. The van der Waals surface area contributed by atoms with Gasteiger partial charge >= 0.3 is 17.9 Å². The van der Waals surface area contributed by atoms with Gasteiger partial charge in [-0.2, -0.15) is 0 Å². The molecule has 70 heavy (non-hydrogen) atoms. The molecule has 396 valence electrons. The lowest BCUT2D eigenvalue weighted by molar-refractivity contribution is -0.321. The van der Waals surface area contributed by atoms with Gasteiger partial charge in [0, 0.05) is 57.0 Å². The predicted octanol–water partition coefficient (Wildman–Crippen LogP) is 4.97. The van der Waals surface area contributed by atoms with Crippen LogP contribution < -0.4 is 0 Å². The number of aromatic nitrogens is 1. The molecule has 3 unspecified atom stereocenters. The van der Waals surface area contributed by atoms with Gasteiger partial charge in [-0.3, -0.25) is 14.6 Å². The predicted molar refractivity (Wildman–Crippen MR) is 257 cm³/mol. The molecule has 2 aromatic rings. The molecule has 0 spiro atoms. The average molecular weight is 991 g/mol. The first-order chi connectivity index (χ1) is 32.7. The highest BCUT2D eigenvalue weighted by molar-refractivity contribution is 6.03. The van der Waals surface area contributed by atoms with Crippen molar-refractivity contribution in [2.75, 3.05) is 34.9 Å². The largest absolute Gasteiger partial charge is 0.462 e. The minimum atomic E-state index is -2.11. The van der Waals surface area contributed by atoms with Crippen LogP contribution in [0, 0.1) is 23.7 Å². The number of hydrogen-bond donors (Lipinski definition) is 4. The number of carbonyl (C=O) groups excluding carboxylic acids is 3. The molecule has 0 aliphatic carbocycles. The Balaban J connectivity index is 1.60. The lowest BCUT2D eigenvalue weighted by atomic mass is 9.66. The van der Waals surface area contributed by atoms with Crippen molar-refractivity contribution in [1.29, 1.82) is 0 Å². The molecule has 0 radical (unpaired) electrons. The summed E-state index contributed by atoms with van der Waals surface area (Å²) >= 11 is 0. The maximum Gasteiger partial charge on any atom is 0.338 e. The van der Waals surface area contributed by atoms with Gasteiger partial charge in [0.25, 0.3) is 0 Å². The van der Waals surface area contributed by atoms with Crippen LogP contribution in [-0.4, -0.2) is 173 Å². The molecular formula is C52H82N2O16. The minimum absolute atomic E-state index is 0.0236. The van der Waals surface area contributed by atoms with E-state index in [0.29, 0.717) is 17.3 Å². The second-order valence-corrected chi connectivity index (χ2v) is 21.2. The summed E-state index contributed by atoms with van der Waals surface area (Å²) in [5.74, 6) is -5.92. The quantitative estimate of drug-likeness (QED) is 0.153. The number of pyridine rings is 1. The van der Waals surface area contributed by atoms with Crippen molar-refractivity contribution in [3.05, 3.63) is 42.1 Å². The van der Waals surface area contributed by atoms with Crippen LogP contribution >= 0.6 is 0 Å². The van der Waals surface area contributed by atoms with Crippen LogP contribution in [0.2, 0.25) is 0 Å². The van der Waals surface area contributed by atoms with E-state index < -0.39 is 119 Å². The SMILES string of the molecule is CC[C@H]1OC(=O)[C@H](C)[C@@H](OC2C[C@@](C)(OC)[C@@H](OC(C)=O)[C@H](C)O2)[C@H](C)[C@@H](O[C@@H]2O[C@H](C)C[C@H](N(C)C)[C@H]2O)[C@](C)(OC)C[C@@H](C)C(O)C(C)(O)[C@@H](CCOC(=O)c2ccnc3ccccc23)[C@]1(C)O. The van der Waals surface area contributed by atoms with Crippen LogP contribution in [0.15, 0.2) is 36.5 Å². The van der Waals surface area contributed by atoms with Gasteiger partial charge in [-0.25, -0.2) is 4.79 Å². The van der Waals surface area contributed by atoms with Crippen molar-refractivity contribution >= 4 is 28.8 Å². The molecule has 3 aliphatic rings. The van der Waals surface area contributed by atoms with Crippen LogP contribution in [-0.2, 0) is 52.2 Å². The number of methoxy groups -OCH3 is 2. The first kappa shape index (κ1) is 57.5. The second-order valence-electron chi connectivity index (χ2n) is 21.2. The molecule has 0 saturated carbocycles. The van der Waals surface area contributed by atoms with E-state index in [9.17, 15) is 34.8 Å². The molecule has 18 nitrogen and oxygen atoms in total. The Labute approximate surface area is 413 Å². The van der Waals surface area contributed by atoms with E-state index in [4.69, 9.17) is 42.6 Å². The van der Waals surface area contributed by atoms with Crippen molar-refractivity contribution in [3.63, 3.8) is 0 Å². The maximum absolute atomic E-state index is 14.9. The number of aliphatic hydroxyl groups excluding tert-OH is 2. The van der Waals surface area contributed by atoms with Crippen molar-refractivity contribution in [2.24, 2.45) is 23.7 Å². The van der Waals surface area contributed by atoms with Gasteiger partial charge in [0.05, 0.1) is 65.3 Å². The Hall–Kier alpha value is -3.40. The number of rotatable bonds is 13. The first-order valence-corrected chi connectivity index (χ1v) is 24.7. The Morgan fingerprint density at radius 2 is 1.53 bits per heavy atom. The third-order valence-electron chi connectivity index (χ3n) is 15.6. The van der Waals surface area contributed by atoms with Crippen LogP contribution in [0.4, 0.5) is 0 Å². The zero-order chi connectivity index (χ0) is 52.3. The van der Waals surface area contributed by atoms with Crippen LogP contribution in [0.5, 0.6) is 0 Å². The molecule has 1 aromatic heterocycles. The fourth-order valence-electron chi connectivity index (χ4n) is 11.5. The third-order valence-corrected chi connectivity index (χ3v) is 15.6. The Morgan fingerprint density at radius 3 is 2.14 bits per heavy atom. The number of fused-ring (bicyclic) bond motifs is 1. The number of likely N-dealkylation sites (N-methyl/N-ethyl adjacent to an activating group) is 1. The highest BCUT2D eigenvalue weighted by Crippen LogP contribution is 2.45. The van der Waals surface area contributed by atoms with Gasteiger partial charge in [0.1, 0.15) is 23.4 Å². The molecule has 0 bridgehead atoms. The van der Waals surface area contributed by atoms with E-state index >= 15 is 0 Å². The summed E-state index contributed by atoms with van der Waals surface area (Å²) in [6.45, 7) is 18.0. The topological polar surface area (TPSA) is 231 Å². The number of para-hydroxylation sites is 1. The highest BCUT2D eigenvalue weighted by Gasteiger charge is 2.57. The molecule has 19 atom stereocenters. The molecule has 3 fully saturated rings.